The van der Waals surface area contributed by atoms with E-state index in [-0.39, 0.29) is 18.0 Å². The molecule has 2 aromatic rings. The minimum atomic E-state index is -0.497. The first-order chi connectivity index (χ1) is 13.3. The van der Waals surface area contributed by atoms with Gasteiger partial charge in [0.05, 0.1) is 24.2 Å². The fourth-order valence-electron chi connectivity index (χ4n) is 2.81. The van der Waals surface area contributed by atoms with Gasteiger partial charge in [-0.25, -0.2) is 5.43 Å². The first-order valence-corrected chi connectivity index (χ1v) is 9.15. The van der Waals surface area contributed by atoms with Crippen LogP contribution >= 0.6 is 0 Å². The van der Waals surface area contributed by atoms with Crippen LogP contribution in [-0.2, 0) is 11.2 Å². The number of nitro benzene ring substituents is 1. The van der Waals surface area contributed by atoms with Crippen molar-refractivity contribution in [1.29, 1.82) is 0 Å². The van der Waals surface area contributed by atoms with E-state index in [2.05, 4.69) is 24.4 Å². The smallest absolute Gasteiger partial charge is 0.273 e. The van der Waals surface area contributed by atoms with E-state index in [4.69, 9.17) is 4.74 Å². The first-order valence-electron chi connectivity index (χ1n) is 9.15. The summed E-state index contributed by atoms with van der Waals surface area (Å²) in [6.45, 7) is 8.66. The Labute approximate surface area is 164 Å². The van der Waals surface area contributed by atoms with Crippen LogP contribution in [0.2, 0.25) is 0 Å². The number of benzene rings is 2. The third kappa shape index (κ3) is 5.39. The summed E-state index contributed by atoms with van der Waals surface area (Å²) in [5.41, 5.74) is 5.63. The van der Waals surface area contributed by atoms with E-state index in [9.17, 15) is 14.9 Å². The third-order valence-corrected chi connectivity index (χ3v) is 4.25. The molecule has 2 aromatic carbocycles. The van der Waals surface area contributed by atoms with Crippen molar-refractivity contribution < 1.29 is 14.5 Å². The summed E-state index contributed by atoms with van der Waals surface area (Å²) >= 11 is 0. The van der Waals surface area contributed by atoms with Gasteiger partial charge in [-0.05, 0) is 48.6 Å². The van der Waals surface area contributed by atoms with Crippen molar-refractivity contribution in [1.82, 2.24) is 5.43 Å². The van der Waals surface area contributed by atoms with Gasteiger partial charge >= 0.3 is 0 Å². The lowest BCUT2D eigenvalue weighted by Crippen LogP contribution is -2.20. The predicted molar refractivity (Wildman–Crippen MR) is 109 cm³/mol. The zero-order chi connectivity index (χ0) is 20.7. The number of aryl methyl sites for hydroxylation is 1. The molecule has 0 heterocycles. The maximum atomic E-state index is 12.1. The van der Waals surface area contributed by atoms with E-state index < -0.39 is 10.8 Å². The molecule has 28 heavy (non-hydrogen) atoms. The number of hydrogen-bond donors (Lipinski definition) is 1. The Morgan fingerprint density at radius 2 is 2.04 bits per heavy atom. The molecule has 1 N–H and O–H groups in total. The largest absolute Gasteiger partial charge is 0.494 e. The molecule has 0 radical (unpaired) electrons. The van der Waals surface area contributed by atoms with Crippen molar-refractivity contribution in [3.8, 4) is 5.75 Å². The van der Waals surface area contributed by atoms with Gasteiger partial charge in [-0.1, -0.05) is 32.0 Å². The SMILES string of the molecule is CCOc1cc(C)c(C=NNC(=O)Cc2ccccc2[N+](=O)[O-])cc1C(C)C. The van der Waals surface area contributed by atoms with Gasteiger partial charge in [-0.3, -0.25) is 14.9 Å². The van der Waals surface area contributed by atoms with Crippen LogP contribution in [0.1, 0.15) is 48.9 Å². The Balaban J connectivity index is 2.11. The molecule has 0 spiro atoms. The molecule has 0 fully saturated rings. The highest BCUT2D eigenvalue weighted by Crippen LogP contribution is 2.29. The molecular weight excluding hydrogens is 358 g/mol. The van der Waals surface area contributed by atoms with Gasteiger partial charge in [0.25, 0.3) is 5.69 Å². The molecule has 0 aromatic heterocycles. The van der Waals surface area contributed by atoms with E-state index >= 15 is 0 Å². The molecule has 0 aliphatic rings. The van der Waals surface area contributed by atoms with Gasteiger partial charge in [0.2, 0.25) is 5.91 Å². The standard InChI is InChI=1S/C21H25N3O4/c1-5-28-20-10-15(4)17(11-18(20)14(2)3)13-22-23-21(25)12-16-8-6-7-9-19(16)24(26)27/h6-11,13-14H,5,12H2,1-4H3,(H,23,25). The molecule has 0 aliphatic carbocycles. The number of amides is 1. The summed E-state index contributed by atoms with van der Waals surface area (Å²) in [5.74, 6) is 0.716. The van der Waals surface area contributed by atoms with Crippen molar-refractivity contribution in [2.24, 2.45) is 5.10 Å². The number of nitrogens with zero attached hydrogens (tertiary/aromatic N) is 2. The number of nitrogens with one attached hydrogen (secondary N) is 1. The monoisotopic (exact) mass is 383 g/mol. The van der Waals surface area contributed by atoms with Crippen LogP contribution in [0.25, 0.3) is 0 Å². The molecule has 7 nitrogen and oxygen atoms in total. The van der Waals surface area contributed by atoms with Crippen LogP contribution in [0.5, 0.6) is 5.75 Å². The van der Waals surface area contributed by atoms with Crippen LogP contribution in [0.3, 0.4) is 0 Å². The normalized spacial score (nSPS) is 11.0. The van der Waals surface area contributed by atoms with Crippen molar-refractivity contribution in [3.63, 3.8) is 0 Å². The number of ether oxygens (including phenoxy) is 1. The molecular formula is C21H25N3O4. The fraction of sp³-hybridized carbons (Fsp3) is 0.333. The number of carbonyl (C=O) groups excluding carboxylic acids is 1. The zero-order valence-corrected chi connectivity index (χ0v) is 16.6. The molecule has 0 saturated heterocycles. The average Bonchev–Trinajstić information content (AvgIpc) is 2.63. The lowest BCUT2D eigenvalue weighted by molar-refractivity contribution is -0.385. The number of para-hydroxylation sites is 1. The topological polar surface area (TPSA) is 93.8 Å². The van der Waals surface area contributed by atoms with Gasteiger partial charge in [-0.15, -0.1) is 0 Å². The Bertz CT molecular complexity index is 891. The highest BCUT2D eigenvalue weighted by molar-refractivity contribution is 5.85. The van der Waals surface area contributed by atoms with Crippen LogP contribution in [0.4, 0.5) is 5.69 Å². The Morgan fingerprint density at radius 3 is 2.68 bits per heavy atom. The molecule has 148 valence electrons. The Hall–Kier alpha value is -3.22. The second kappa shape index (κ2) is 9.64. The Kier molecular flexibility index (Phi) is 7.26. The first kappa shape index (κ1) is 21.1. The number of carbonyl (C=O) groups is 1. The highest BCUT2D eigenvalue weighted by atomic mass is 16.6. The maximum absolute atomic E-state index is 12.1. The van der Waals surface area contributed by atoms with Crippen molar-refractivity contribution in [3.05, 3.63) is 68.8 Å². The minimum absolute atomic E-state index is 0.0782. The summed E-state index contributed by atoms with van der Waals surface area (Å²) in [7, 11) is 0. The van der Waals surface area contributed by atoms with E-state index in [1.807, 2.05) is 26.0 Å². The van der Waals surface area contributed by atoms with Gasteiger partial charge in [-0.2, -0.15) is 5.10 Å². The summed E-state index contributed by atoms with van der Waals surface area (Å²) in [6, 6.07) is 10.1. The van der Waals surface area contributed by atoms with E-state index in [1.165, 1.54) is 6.07 Å². The molecule has 0 bridgehead atoms. The number of rotatable bonds is 8. The molecule has 0 unspecified atom stereocenters. The molecule has 0 atom stereocenters. The highest BCUT2D eigenvalue weighted by Gasteiger charge is 2.15. The molecule has 0 saturated carbocycles. The summed E-state index contributed by atoms with van der Waals surface area (Å²) in [6.07, 6.45) is 1.46. The Morgan fingerprint density at radius 1 is 1.32 bits per heavy atom. The second-order valence-electron chi connectivity index (χ2n) is 6.69. The van der Waals surface area contributed by atoms with Gasteiger partial charge in [0.15, 0.2) is 0 Å². The van der Waals surface area contributed by atoms with E-state index in [0.29, 0.717) is 12.2 Å². The van der Waals surface area contributed by atoms with Gasteiger partial charge < -0.3 is 4.74 Å². The van der Waals surface area contributed by atoms with Crippen molar-refractivity contribution >= 4 is 17.8 Å². The van der Waals surface area contributed by atoms with E-state index in [1.54, 1.807) is 24.4 Å². The number of nitro groups is 1. The van der Waals surface area contributed by atoms with Crippen molar-refractivity contribution in [2.75, 3.05) is 6.61 Å². The van der Waals surface area contributed by atoms with Crippen LogP contribution < -0.4 is 10.2 Å². The third-order valence-electron chi connectivity index (χ3n) is 4.25. The lowest BCUT2D eigenvalue weighted by Gasteiger charge is -2.15. The average molecular weight is 383 g/mol. The van der Waals surface area contributed by atoms with E-state index in [0.717, 1.165) is 22.4 Å². The predicted octanol–water partition coefficient (Wildman–Crippen LogP) is 4.12. The quantitative estimate of drug-likeness (QED) is 0.421. The van der Waals surface area contributed by atoms with Gasteiger partial charge in [0.1, 0.15) is 5.75 Å². The fourth-order valence-corrected chi connectivity index (χ4v) is 2.81. The van der Waals surface area contributed by atoms with Crippen molar-refractivity contribution in [2.45, 2.75) is 40.0 Å². The minimum Gasteiger partial charge on any atom is -0.494 e. The van der Waals surface area contributed by atoms with Crippen LogP contribution in [-0.4, -0.2) is 23.7 Å². The molecule has 1 amide bonds. The maximum Gasteiger partial charge on any atom is 0.273 e. The zero-order valence-electron chi connectivity index (χ0n) is 16.6. The van der Waals surface area contributed by atoms with Crippen LogP contribution in [0.15, 0.2) is 41.5 Å². The molecule has 2 rings (SSSR count). The lowest BCUT2D eigenvalue weighted by atomic mass is 9.97. The number of hydrazone groups is 1. The second-order valence-corrected chi connectivity index (χ2v) is 6.69. The molecule has 7 heteroatoms. The van der Waals surface area contributed by atoms with Gasteiger partial charge in [0, 0.05) is 11.6 Å². The van der Waals surface area contributed by atoms with Crippen LogP contribution in [0, 0.1) is 17.0 Å². The number of hydrogen-bond acceptors (Lipinski definition) is 5. The molecule has 0 aliphatic heterocycles. The summed E-state index contributed by atoms with van der Waals surface area (Å²) in [5, 5.41) is 15.0. The summed E-state index contributed by atoms with van der Waals surface area (Å²) in [4.78, 5) is 22.6. The summed E-state index contributed by atoms with van der Waals surface area (Å²) < 4.78 is 5.70.